The van der Waals surface area contributed by atoms with Crippen LogP contribution in [-0.2, 0) is 17.8 Å². The van der Waals surface area contributed by atoms with E-state index in [1.165, 1.54) is 5.56 Å². The Morgan fingerprint density at radius 1 is 1.07 bits per heavy atom. The predicted octanol–water partition coefficient (Wildman–Crippen LogP) is 3.99. The molecular formula is C21H27ClN4O. The molecule has 0 aromatic heterocycles. The van der Waals surface area contributed by atoms with E-state index in [0.29, 0.717) is 13.0 Å². The molecule has 27 heavy (non-hydrogen) atoms. The normalized spacial score (nSPS) is 11.1. The maximum absolute atomic E-state index is 11.7. The molecule has 0 atom stereocenters. The first-order valence-corrected chi connectivity index (χ1v) is 9.56. The molecule has 2 aromatic rings. The molecular weight excluding hydrogens is 360 g/mol. The molecule has 1 amide bonds. The number of halogens is 1. The maximum Gasteiger partial charge on any atom is 0.224 e. The molecule has 0 heterocycles. The van der Waals surface area contributed by atoms with Gasteiger partial charge in [-0.05, 0) is 48.2 Å². The van der Waals surface area contributed by atoms with Crippen LogP contribution in [0.2, 0.25) is 5.02 Å². The highest BCUT2D eigenvalue weighted by Gasteiger charge is 2.03. The molecule has 0 aliphatic rings. The monoisotopic (exact) mass is 386 g/mol. The van der Waals surface area contributed by atoms with Crippen molar-refractivity contribution in [2.75, 3.05) is 18.9 Å². The van der Waals surface area contributed by atoms with Gasteiger partial charge in [0, 0.05) is 37.3 Å². The predicted molar refractivity (Wildman–Crippen MR) is 113 cm³/mol. The van der Waals surface area contributed by atoms with Gasteiger partial charge in [-0.3, -0.25) is 9.79 Å². The van der Waals surface area contributed by atoms with Crippen molar-refractivity contribution in [3.63, 3.8) is 0 Å². The highest BCUT2D eigenvalue weighted by Crippen LogP contribution is 2.11. The summed E-state index contributed by atoms with van der Waals surface area (Å²) in [7, 11) is 1.75. The summed E-state index contributed by atoms with van der Waals surface area (Å²) in [6.45, 7) is 3.39. The lowest BCUT2D eigenvalue weighted by molar-refractivity contribution is -0.116. The zero-order valence-electron chi connectivity index (χ0n) is 15.9. The average molecular weight is 387 g/mol. The zero-order valence-corrected chi connectivity index (χ0v) is 16.6. The minimum atomic E-state index is 0.0438. The van der Waals surface area contributed by atoms with E-state index in [-0.39, 0.29) is 5.91 Å². The minimum absolute atomic E-state index is 0.0438. The van der Waals surface area contributed by atoms with Gasteiger partial charge in [-0.25, -0.2) is 0 Å². The second kappa shape index (κ2) is 11.2. The summed E-state index contributed by atoms with van der Waals surface area (Å²) in [6.07, 6.45) is 2.26. The number of amides is 1. The van der Waals surface area contributed by atoms with Crippen LogP contribution in [0.3, 0.4) is 0 Å². The maximum atomic E-state index is 11.7. The van der Waals surface area contributed by atoms with Gasteiger partial charge in [0.15, 0.2) is 5.96 Å². The number of carbonyl (C=O) groups excluding carboxylic acids is 1. The fourth-order valence-electron chi connectivity index (χ4n) is 2.59. The summed E-state index contributed by atoms with van der Waals surface area (Å²) in [6, 6.07) is 15.7. The van der Waals surface area contributed by atoms with Crippen LogP contribution < -0.4 is 16.0 Å². The van der Waals surface area contributed by atoms with Gasteiger partial charge in [-0.1, -0.05) is 42.8 Å². The number of nitrogens with one attached hydrogen (secondary N) is 3. The molecule has 0 saturated heterocycles. The second-order valence-electron chi connectivity index (χ2n) is 6.23. The fourth-order valence-corrected chi connectivity index (χ4v) is 2.72. The highest BCUT2D eigenvalue weighted by molar-refractivity contribution is 6.30. The molecule has 5 nitrogen and oxygen atoms in total. The Balaban J connectivity index is 1.79. The van der Waals surface area contributed by atoms with Gasteiger partial charge in [0.1, 0.15) is 0 Å². The van der Waals surface area contributed by atoms with E-state index in [4.69, 9.17) is 11.6 Å². The third kappa shape index (κ3) is 7.71. The van der Waals surface area contributed by atoms with Crippen LogP contribution in [0.1, 0.15) is 30.9 Å². The van der Waals surface area contributed by atoms with Gasteiger partial charge in [0.2, 0.25) is 5.91 Å². The van der Waals surface area contributed by atoms with Gasteiger partial charge in [-0.2, -0.15) is 0 Å². The summed E-state index contributed by atoms with van der Waals surface area (Å²) >= 11 is 5.90. The third-order valence-corrected chi connectivity index (χ3v) is 4.24. The Morgan fingerprint density at radius 2 is 1.85 bits per heavy atom. The molecule has 0 aliphatic heterocycles. The number of anilines is 1. The Morgan fingerprint density at radius 3 is 2.56 bits per heavy atom. The quantitative estimate of drug-likeness (QED) is 0.474. The largest absolute Gasteiger partial charge is 0.356 e. The van der Waals surface area contributed by atoms with Crippen LogP contribution in [-0.4, -0.2) is 25.5 Å². The number of hydrogen-bond donors (Lipinski definition) is 3. The molecule has 6 heteroatoms. The van der Waals surface area contributed by atoms with Crippen LogP contribution >= 0.6 is 11.6 Å². The number of aliphatic imine (C=N–C) groups is 1. The van der Waals surface area contributed by atoms with E-state index in [1.54, 1.807) is 7.05 Å². The van der Waals surface area contributed by atoms with Crippen LogP contribution in [0.15, 0.2) is 53.5 Å². The number of rotatable bonds is 8. The Labute approximate surface area is 166 Å². The zero-order chi connectivity index (χ0) is 19.5. The second-order valence-corrected chi connectivity index (χ2v) is 6.66. The molecule has 2 rings (SSSR count). The number of carbonyl (C=O) groups is 1. The van der Waals surface area contributed by atoms with Gasteiger partial charge >= 0.3 is 0 Å². The van der Waals surface area contributed by atoms with Crippen LogP contribution in [0.25, 0.3) is 0 Å². The van der Waals surface area contributed by atoms with Crippen molar-refractivity contribution >= 4 is 29.2 Å². The number of benzene rings is 2. The smallest absolute Gasteiger partial charge is 0.224 e. The average Bonchev–Trinajstić information content (AvgIpc) is 2.66. The SMILES string of the molecule is CCCC(=O)Nc1cccc(CNC(=NC)NCCc2ccc(Cl)cc2)c1. The first kappa shape index (κ1) is 20.8. The highest BCUT2D eigenvalue weighted by atomic mass is 35.5. The third-order valence-electron chi connectivity index (χ3n) is 3.99. The van der Waals surface area contributed by atoms with E-state index in [1.807, 2.05) is 55.5 Å². The van der Waals surface area contributed by atoms with Crippen molar-refractivity contribution < 1.29 is 4.79 Å². The van der Waals surface area contributed by atoms with E-state index in [0.717, 1.165) is 41.6 Å². The Bertz CT molecular complexity index is 759. The molecule has 2 aromatic carbocycles. The molecule has 3 N–H and O–H groups in total. The van der Waals surface area contributed by atoms with Crippen molar-refractivity contribution in [2.24, 2.45) is 4.99 Å². The topological polar surface area (TPSA) is 65.5 Å². The molecule has 0 fully saturated rings. The Hall–Kier alpha value is -2.53. The van der Waals surface area contributed by atoms with Crippen molar-refractivity contribution in [3.05, 3.63) is 64.7 Å². The van der Waals surface area contributed by atoms with Crippen LogP contribution in [0, 0.1) is 0 Å². The van der Waals surface area contributed by atoms with Gasteiger partial charge in [0.05, 0.1) is 0 Å². The summed E-state index contributed by atoms with van der Waals surface area (Å²) in [4.78, 5) is 16.0. The van der Waals surface area contributed by atoms with E-state index < -0.39 is 0 Å². The molecule has 0 radical (unpaired) electrons. The molecule has 0 saturated carbocycles. The lowest BCUT2D eigenvalue weighted by Gasteiger charge is -2.13. The van der Waals surface area contributed by atoms with E-state index in [2.05, 4.69) is 20.9 Å². The first-order chi connectivity index (χ1) is 13.1. The fraction of sp³-hybridized carbons (Fsp3) is 0.333. The lowest BCUT2D eigenvalue weighted by Crippen LogP contribution is -2.37. The van der Waals surface area contributed by atoms with Gasteiger partial charge in [0.25, 0.3) is 0 Å². The summed E-state index contributed by atoms with van der Waals surface area (Å²) in [5, 5.41) is 10.3. The summed E-state index contributed by atoms with van der Waals surface area (Å²) in [5.41, 5.74) is 3.11. The van der Waals surface area contributed by atoms with E-state index >= 15 is 0 Å². The van der Waals surface area contributed by atoms with Gasteiger partial charge in [-0.15, -0.1) is 0 Å². The molecule has 0 bridgehead atoms. The summed E-state index contributed by atoms with van der Waals surface area (Å²) in [5.74, 6) is 0.784. The molecule has 0 unspecified atom stereocenters. The number of guanidine groups is 1. The minimum Gasteiger partial charge on any atom is -0.356 e. The van der Waals surface area contributed by atoms with Crippen molar-refractivity contribution in [2.45, 2.75) is 32.7 Å². The molecule has 0 spiro atoms. The standard InChI is InChI=1S/C21H27ClN4O/c1-3-5-20(27)26-19-7-4-6-17(14-19)15-25-21(23-2)24-13-12-16-8-10-18(22)11-9-16/h4,6-11,14H,3,5,12-13,15H2,1-2H3,(H,26,27)(H2,23,24,25). The Kier molecular flexibility index (Phi) is 8.65. The van der Waals surface area contributed by atoms with Crippen molar-refractivity contribution in [1.29, 1.82) is 0 Å². The summed E-state index contributed by atoms with van der Waals surface area (Å²) < 4.78 is 0. The first-order valence-electron chi connectivity index (χ1n) is 9.18. The van der Waals surface area contributed by atoms with Crippen molar-refractivity contribution in [3.8, 4) is 0 Å². The lowest BCUT2D eigenvalue weighted by atomic mass is 10.1. The van der Waals surface area contributed by atoms with Crippen LogP contribution in [0.4, 0.5) is 5.69 Å². The van der Waals surface area contributed by atoms with E-state index in [9.17, 15) is 4.79 Å². The van der Waals surface area contributed by atoms with Crippen LogP contribution in [0.5, 0.6) is 0 Å². The molecule has 0 aliphatic carbocycles. The number of nitrogens with zero attached hydrogens (tertiary/aromatic N) is 1. The van der Waals surface area contributed by atoms with Crippen molar-refractivity contribution in [1.82, 2.24) is 10.6 Å². The van der Waals surface area contributed by atoms with Gasteiger partial charge < -0.3 is 16.0 Å². The number of hydrogen-bond acceptors (Lipinski definition) is 2. The molecule has 144 valence electrons.